The number of benzene rings is 1. The molecule has 162 valence electrons. The van der Waals surface area contributed by atoms with E-state index < -0.39 is 5.91 Å². The van der Waals surface area contributed by atoms with Crippen molar-refractivity contribution in [1.29, 1.82) is 0 Å². The van der Waals surface area contributed by atoms with Crippen LogP contribution in [0, 0.1) is 0 Å². The Labute approximate surface area is 189 Å². The number of amides is 1. The molecular formula is C24H23N5O2S. The van der Waals surface area contributed by atoms with Crippen LogP contribution >= 0.6 is 11.3 Å². The van der Waals surface area contributed by atoms with Crippen molar-refractivity contribution in [2.75, 3.05) is 11.9 Å². The summed E-state index contributed by atoms with van der Waals surface area (Å²) in [4.78, 5) is 27.3. The number of carbonyl (C=O) groups is 1. The van der Waals surface area contributed by atoms with Gasteiger partial charge in [0.2, 0.25) is 0 Å². The fourth-order valence-corrected chi connectivity index (χ4v) is 5.40. The van der Waals surface area contributed by atoms with E-state index in [1.165, 1.54) is 4.88 Å². The zero-order valence-corrected chi connectivity index (χ0v) is 18.5. The van der Waals surface area contributed by atoms with Gasteiger partial charge in [-0.2, -0.15) is 0 Å². The van der Waals surface area contributed by atoms with Crippen molar-refractivity contribution in [2.24, 2.45) is 5.73 Å². The van der Waals surface area contributed by atoms with Gasteiger partial charge in [0, 0.05) is 28.2 Å². The zero-order chi connectivity index (χ0) is 22.1. The molecule has 0 unspecified atom stereocenters. The molecule has 1 aromatic carbocycles. The first-order chi connectivity index (χ1) is 15.6. The molecule has 0 aliphatic heterocycles. The molecule has 0 saturated heterocycles. The van der Waals surface area contributed by atoms with Crippen molar-refractivity contribution in [3.63, 3.8) is 0 Å². The highest BCUT2D eigenvalue weighted by molar-refractivity contribution is 7.16. The van der Waals surface area contributed by atoms with Crippen LogP contribution in [0.3, 0.4) is 0 Å². The standard InChI is InChI=1S/C24H23N5O2S/c1-2-31-15-9-10-18-17(12-15)23(28-22(27-18)14-6-5-11-26-13-14)29-24-20(21(25)30)16-7-3-4-8-19(16)32-24/h5-6,9-13H,2-4,7-8H2,1H3,(H2,25,30)(H,27,28,29). The minimum atomic E-state index is -0.409. The SMILES string of the molecule is CCOc1ccc2nc(-c3cccnc3)nc(Nc3sc4c(c3C(N)=O)CCCC4)c2c1. The number of nitrogens with two attached hydrogens (primary N) is 1. The van der Waals surface area contributed by atoms with Gasteiger partial charge in [-0.3, -0.25) is 9.78 Å². The molecule has 0 bridgehead atoms. The van der Waals surface area contributed by atoms with Crippen molar-refractivity contribution in [3.05, 3.63) is 58.7 Å². The summed E-state index contributed by atoms with van der Waals surface area (Å²) in [7, 11) is 0. The summed E-state index contributed by atoms with van der Waals surface area (Å²) < 4.78 is 5.70. The van der Waals surface area contributed by atoms with Crippen LogP contribution < -0.4 is 15.8 Å². The van der Waals surface area contributed by atoms with E-state index in [2.05, 4.69) is 10.3 Å². The molecule has 1 amide bonds. The number of anilines is 2. The lowest BCUT2D eigenvalue weighted by Crippen LogP contribution is -2.15. The summed E-state index contributed by atoms with van der Waals surface area (Å²) in [6, 6.07) is 9.51. The van der Waals surface area contributed by atoms with E-state index in [0.29, 0.717) is 23.8 Å². The van der Waals surface area contributed by atoms with E-state index >= 15 is 0 Å². The fourth-order valence-electron chi connectivity index (χ4n) is 4.11. The molecule has 1 aliphatic rings. The van der Waals surface area contributed by atoms with Gasteiger partial charge in [-0.1, -0.05) is 0 Å². The predicted molar refractivity (Wildman–Crippen MR) is 127 cm³/mol. The summed E-state index contributed by atoms with van der Waals surface area (Å²) in [5.41, 5.74) is 9.05. The monoisotopic (exact) mass is 445 g/mol. The molecule has 0 radical (unpaired) electrons. The van der Waals surface area contributed by atoms with E-state index in [-0.39, 0.29) is 0 Å². The Balaban J connectivity index is 1.67. The number of primary amides is 1. The number of nitrogens with zero attached hydrogens (tertiary/aromatic N) is 3. The maximum absolute atomic E-state index is 12.4. The number of fused-ring (bicyclic) bond motifs is 2. The largest absolute Gasteiger partial charge is 0.494 e. The number of carbonyl (C=O) groups excluding carboxylic acids is 1. The number of ether oxygens (including phenoxy) is 1. The number of pyridine rings is 1. The molecule has 5 rings (SSSR count). The Hall–Kier alpha value is -3.52. The van der Waals surface area contributed by atoms with Crippen LogP contribution in [-0.4, -0.2) is 27.5 Å². The summed E-state index contributed by atoms with van der Waals surface area (Å²) in [5.74, 6) is 1.49. The Morgan fingerprint density at radius 3 is 2.88 bits per heavy atom. The van der Waals surface area contributed by atoms with Crippen LogP contribution in [0.4, 0.5) is 10.8 Å². The average Bonchev–Trinajstić information content (AvgIpc) is 3.18. The predicted octanol–water partition coefficient (Wildman–Crippen LogP) is 4.87. The quantitative estimate of drug-likeness (QED) is 0.439. The molecule has 32 heavy (non-hydrogen) atoms. The molecule has 0 fully saturated rings. The Bertz CT molecular complexity index is 1300. The highest BCUT2D eigenvalue weighted by atomic mass is 32.1. The third kappa shape index (κ3) is 3.78. The first kappa shape index (κ1) is 20.4. The third-order valence-electron chi connectivity index (χ3n) is 5.55. The second-order valence-corrected chi connectivity index (χ2v) is 8.76. The Kier molecular flexibility index (Phi) is 5.45. The summed E-state index contributed by atoms with van der Waals surface area (Å²) in [5, 5.41) is 4.97. The second-order valence-electron chi connectivity index (χ2n) is 7.65. The first-order valence-corrected chi connectivity index (χ1v) is 11.5. The van der Waals surface area contributed by atoms with Crippen LogP contribution in [0.15, 0.2) is 42.7 Å². The lowest BCUT2D eigenvalue weighted by Gasteiger charge is -2.13. The lowest BCUT2D eigenvalue weighted by atomic mass is 9.95. The maximum Gasteiger partial charge on any atom is 0.251 e. The second kappa shape index (κ2) is 8.55. The van der Waals surface area contributed by atoms with Gasteiger partial charge in [0.1, 0.15) is 16.6 Å². The van der Waals surface area contributed by atoms with Crippen LogP contribution in [0.2, 0.25) is 0 Å². The highest BCUT2D eigenvalue weighted by Gasteiger charge is 2.25. The van der Waals surface area contributed by atoms with E-state index in [9.17, 15) is 4.79 Å². The number of rotatable bonds is 6. The molecule has 0 spiro atoms. The molecule has 3 N–H and O–H groups in total. The molecule has 1 aliphatic carbocycles. The highest BCUT2D eigenvalue weighted by Crippen LogP contribution is 2.40. The normalized spacial score (nSPS) is 13.0. The third-order valence-corrected chi connectivity index (χ3v) is 6.75. The van der Waals surface area contributed by atoms with Crippen LogP contribution in [0.5, 0.6) is 5.75 Å². The number of hydrogen-bond acceptors (Lipinski definition) is 7. The van der Waals surface area contributed by atoms with Gasteiger partial charge in [-0.15, -0.1) is 11.3 Å². The topological polar surface area (TPSA) is 103 Å². The Morgan fingerprint density at radius 2 is 2.09 bits per heavy atom. The number of nitrogens with one attached hydrogen (secondary N) is 1. The molecule has 0 atom stereocenters. The number of hydrogen-bond donors (Lipinski definition) is 2. The molecule has 7 nitrogen and oxygen atoms in total. The van der Waals surface area contributed by atoms with E-state index in [1.54, 1.807) is 23.7 Å². The van der Waals surface area contributed by atoms with Crippen molar-refractivity contribution < 1.29 is 9.53 Å². The van der Waals surface area contributed by atoms with E-state index in [1.807, 2.05) is 37.3 Å². The molecule has 8 heteroatoms. The summed E-state index contributed by atoms with van der Waals surface area (Å²) in [6.45, 7) is 2.51. The minimum absolute atomic E-state index is 0.409. The molecule has 3 aromatic heterocycles. The average molecular weight is 446 g/mol. The van der Waals surface area contributed by atoms with E-state index in [0.717, 1.165) is 58.5 Å². The summed E-state index contributed by atoms with van der Waals surface area (Å²) >= 11 is 1.59. The van der Waals surface area contributed by atoms with Gasteiger partial charge in [0.25, 0.3) is 5.91 Å². The zero-order valence-electron chi connectivity index (χ0n) is 17.7. The van der Waals surface area contributed by atoms with Gasteiger partial charge in [0.05, 0.1) is 17.7 Å². The van der Waals surface area contributed by atoms with Crippen molar-refractivity contribution in [1.82, 2.24) is 15.0 Å². The first-order valence-electron chi connectivity index (χ1n) is 10.7. The van der Waals surface area contributed by atoms with Crippen LogP contribution in [0.1, 0.15) is 40.6 Å². The van der Waals surface area contributed by atoms with E-state index in [4.69, 9.17) is 20.4 Å². The maximum atomic E-state index is 12.4. The smallest absolute Gasteiger partial charge is 0.251 e. The lowest BCUT2D eigenvalue weighted by molar-refractivity contribution is 0.100. The minimum Gasteiger partial charge on any atom is -0.494 e. The number of thiophene rings is 1. The molecule has 0 saturated carbocycles. The van der Waals surface area contributed by atoms with Crippen molar-refractivity contribution in [2.45, 2.75) is 32.6 Å². The summed E-state index contributed by atoms with van der Waals surface area (Å²) in [6.07, 6.45) is 7.51. The van der Waals surface area contributed by atoms with Crippen molar-refractivity contribution >= 4 is 39.0 Å². The van der Waals surface area contributed by atoms with Crippen molar-refractivity contribution in [3.8, 4) is 17.1 Å². The fraction of sp³-hybridized carbons (Fsp3) is 0.250. The molecule has 4 aromatic rings. The van der Waals surface area contributed by atoms with Gasteiger partial charge in [-0.05, 0) is 68.5 Å². The molecule has 3 heterocycles. The van der Waals surface area contributed by atoms with Crippen LogP contribution in [0.25, 0.3) is 22.3 Å². The van der Waals surface area contributed by atoms with Gasteiger partial charge >= 0.3 is 0 Å². The van der Waals surface area contributed by atoms with Gasteiger partial charge < -0.3 is 15.8 Å². The number of aromatic nitrogens is 3. The number of aryl methyl sites for hydroxylation is 1. The van der Waals surface area contributed by atoms with Gasteiger partial charge in [-0.25, -0.2) is 9.97 Å². The molecular weight excluding hydrogens is 422 g/mol. The van der Waals surface area contributed by atoms with Crippen LogP contribution in [-0.2, 0) is 12.8 Å². The van der Waals surface area contributed by atoms with Gasteiger partial charge in [0.15, 0.2) is 5.82 Å². The Morgan fingerprint density at radius 1 is 1.22 bits per heavy atom.